The smallest absolute Gasteiger partial charge is 0.123 e. The first-order valence-corrected chi connectivity index (χ1v) is 8.42. The van der Waals surface area contributed by atoms with Crippen molar-refractivity contribution in [2.45, 2.75) is 51.1 Å². The third-order valence-corrected chi connectivity index (χ3v) is 4.85. The lowest BCUT2D eigenvalue weighted by Crippen LogP contribution is -2.44. The van der Waals surface area contributed by atoms with Gasteiger partial charge in [-0.05, 0) is 69.2 Å². The van der Waals surface area contributed by atoms with Crippen molar-refractivity contribution in [1.82, 2.24) is 10.2 Å². The number of nitrogens with zero attached hydrogens (tertiary/aromatic N) is 1. The van der Waals surface area contributed by atoms with Gasteiger partial charge < -0.3 is 5.32 Å². The largest absolute Gasteiger partial charge is 0.313 e. The zero-order valence-electron chi connectivity index (χ0n) is 13.0. The zero-order valence-corrected chi connectivity index (χ0v) is 13.0. The van der Waals surface area contributed by atoms with Gasteiger partial charge in [0.15, 0.2) is 0 Å². The summed E-state index contributed by atoms with van der Waals surface area (Å²) in [5.41, 5.74) is 1.11. The van der Waals surface area contributed by atoms with Crippen molar-refractivity contribution >= 4 is 0 Å². The monoisotopic (exact) mass is 290 g/mol. The Morgan fingerprint density at radius 3 is 2.81 bits per heavy atom. The fraction of sp³-hybridized carbons (Fsp3) is 0.667. The number of halogens is 1. The molecule has 1 aliphatic heterocycles. The number of benzene rings is 1. The second-order valence-corrected chi connectivity index (χ2v) is 6.87. The van der Waals surface area contributed by atoms with Gasteiger partial charge in [-0.25, -0.2) is 4.39 Å². The molecule has 2 atom stereocenters. The maximum absolute atomic E-state index is 13.3. The van der Waals surface area contributed by atoms with Crippen LogP contribution in [0, 0.1) is 11.7 Å². The van der Waals surface area contributed by atoms with E-state index >= 15 is 0 Å². The summed E-state index contributed by atoms with van der Waals surface area (Å²) in [6, 6.07) is 8.20. The third-order valence-electron chi connectivity index (χ3n) is 4.85. The van der Waals surface area contributed by atoms with Crippen molar-refractivity contribution < 1.29 is 4.39 Å². The van der Waals surface area contributed by atoms with Crippen LogP contribution in [0.4, 0.5) is 4.39 Å². The summed E-state index contributed by atoms with van der Waals surface area (Å²) in [6.07, 6.45) is 6.33. The summed E-state index contributed by atoms with van der Waals surface area (Å²) in [5, 5.41) is 3.61. The quantitative estimate of drug-likeness (QED) is 0.829. The van der Waals surface area contributed by atoms with E-state index in [1.807, 2.05) is 12.1 Å². The van der Waals surface area contributed by atoms with Crippen molar-refractivity contribution in [3.63, 3.8) is 0 Å². The first kappa shape index (κ1) is 15.0. The van der Waals surface area contributed by atoms with Gasteiger partial charge in [0.1, 0.15) is 5.82 Å². The summed E-state index contributed by atoms with van der Waals surface area (Å²) in [7, 11) is 0. The second-order valence-electron chi connectivity index (χ2n) is 6.87. The number of hydrogen-bond acceptors (Lipinski definition) is 2. The first-order valence-electron chi connectivity index (χ1n) is 8.42. The molecule has 1 saturated heterocycles. The highest BCUT2D eigenvalue weighted by molar-refractivity contribution is 5.17. The normalized spacial score (nSPS) is 23.7. The second kappa shape index (κ2) is 6.89. The predicted molar refractivity (Wildman–Crippen MR) is 84.9 cm³/mol. The lowest BCUT2D eigenvalue weighted by atomic mass is 10.0. The molecule has 1 saturated carbocycles. The van der Waals surface area contributed by atoms with Crippen molar-refractivity contribution in [3.05, 3.63) is 35.6 Å². The summed E-state index contributed by atoms with van der Waals surface area (Å²) in [5.74, 6) is 0.785. The van der Waals surface area contributed by atoms with Crippen molar-refractivity contribution in [2.75, 3.05) is 19.6 Å². The van der Waals surface area contributed by atoms with Crippen molar-refractivity contribution in [2.24, 2.45) is 5.92 Å². The maximum atomic E-state index is 13.3. The van der Waals surface area contributed by atoms with E-state index in [-0.39, 0.29) is 5.82 Å². The Balaban J connectivity index is 1.60. The molecule has 1 heterocycles. The molecule has 1 aromatic carbocycles. The number of hydrogen-bond donors (Lipinski definition) is 1. The van der Waals surface area contributed by atoms with Gasteiger partial charge in [-0.15, -0.1) is 0 Å². The predicted octanol–water partition coefficient (Wildman–Crippen LogP) is 3.22. The van der Waals surface area contributed by atoms with Crippen molar-refractivity contribution in [3.8, 4) is 0 Å². The molecule has 2 aliphatic rings. The average molecular weight is 290 g/mol. The molecule has 1 aromatic rings. The molecule has 21 heavy (non-hydrogen) atoms. The van der Waals surface area contributed by atoms with Gasteiger partial charge in [-0.2, -0.15) is 0 Å². The Morgan fingerprint density at radius 2 is 2.14 bits per heavy atom. The van der Waals surface area contributed by atoms with Crippen LogP contribution in [-0.2, 0) is 6.42 Å². The van der Waals surface area contributed by atoms with E-state index < -0.39 is 0 Å². The van der Waals surface area contributed by atoms with Gasteiger partial charge in [0, 0.05) is 25.2 Å². The summed E-state index contributed by atoms with van der Waals surface area (Å²) < 4.78 is 13.3. The SMILES string of the molecule is CC(Cc1cccc(F)c1)N(CC1CC1)CC1CCCN1. The summed E-state index contributed by atoms with van der Waals surface area (Å²) in [4.78, 5) is 2.63. The fourth-order valence-corrected chi connectivity index (χ4v) is 3.40. The lowest BCUT2D eigenvalue weighted by Gasteiger charge is -2.31. The van der Waals surface area contributed by atoms with Gasteiger partial charge in [0.2, 0.25) is 0 Å². The molecular weight excluding hydrogens is 263 g/mol. The minimum atomic E-state index is -0.120. The molecular formula is C18H27FN2. The van der Waals surface area contributed by atoms with Crippen LogP contribution in [0.3, 0.4) is 0 Å². The Morgan fingerprint density at radius 1 is 1.29 bits per heavy atom. The molecule has 0 spiro atoms. The first-order chi connectivity index (χ1) is 10.2. The van der Waals surface area contributed by atoms with Crippen LogP contribution in [0.1, 0.15) is 38.2 Å². The van der Waals surface area contributed by atoms with Crippen LogP contribution in [0.15, 0.2) is 24.3 Å². The zero-order chi connectivity index (χ0) is 14.7. The van der Waals surface area contributed by atoms with Crippen molar-refractivity contribution in [1.29, 1.82) is 0 Å². The van der Waals surface area contributed by atoms with Gasteiger partial charge >= 0.3 is 0 Å². The Bertz CT molecular complexity index is 452. The standard InChI is InChI=1S/C18H27FN2/c1-14(10-16-4-2-5-17(19)11-16)21(12-15-7-8-15)13-18-6-3-9-20-18/h2,4-5,11,14-15,18,20H,3,6-10,12-13H2,1H3. The summed E-state index contributed by atoms with van der Waals surface area (Å²) in [6.45, 7) is 5.82. The minimum Gasteiger partial charge on any atom is -0.313 e. The van der Waals surface area contributed by atoms with E-state index in [0.29, 0.717) is 12.1 Å². The molecule has 0 bridgehead atoms. The highest BCUT2D eigenvalue weighted by Crippen LogP contribution is 2.31. The van der Waals surface area contributed by atoms with Crippen LogP contribution in [0.25, 0.3) is 0 Å². The number of nitrogens with one attached hydrogen (secondary N) is 1. The minimum absolute atomic E-state index is 0.120. The van der Waals surface area contributed by atoms with E-state index in [2.05, 4.69) is 17.1 Å². The Labute approximate surface area is 127 Å². The van der Waals surface area contributed by atoms with Crippen LogP contribution in [0.2, 0.25) is 0 Å². The highest BCUT2D eigenvalue weighted by Gasteiger charge is 2.28. The van der Waals surface area contributed by atoms with Crippen LogP contribution in [-0.4, -0.2) is 36.6 Å². The molecule has 116 valence electrons. The van der Waals surface area contributed by atoms with E-state index in [9.17, 15) is 4.39 Å². The van der Waals surface area contributed by atoms with Gasteiger partial charge in [-0.3, -0.25) is 4.90 Å². The molecule has 3 heteroatoms. The van der Waals surface area contributed by atoms with E-state index in [1.165, 1.54) is 44.8 Å². The van der Waals surface area contributed by atoms with Crippen LogP contribution in [0.5, 0.6) is 0 Å². The molecule has 2 fully saturated rings. The van der Waals surface area contributed by atoms with E-state index in [0.717, 1.165) is 24.4 Å². The summed E-state index contributed by atoms with van der Waals surface area (Å²) >= 11 is 0. The Kier molecular flexibility index (Phi) is 4.91. The fourth-order valence-electron chi connectivity index (χ4n) is 3.40. The highest BCUT2D eigenvalue weighted by atomic mass is 19.1. The molecule has 1 aliphatic carbocycles. The molecule has 2 unspecified atom stereocenters. The molecule has 0 amide bonds. The van der Waals surface area contributed by atoms with E-state index in [4.69, 9.17) is 0 Å². The average Bonchev–Trinajstić information content (AvgIpc) is 3.12. The van der Waals surface area contributed by atoms with Gasteiger partial charge in [-0.1, -0.05) is 12.1 Å². The Hall–Kier alpha value is -0.930. The topological polar surface area (TPSA) is 15.3 Å². The van der Waals surface area contributed by atoms with E-state index in [1.54, 1.807) is 6.07 Å². The van der Waals surface area contributed by atoms with Crippen LogP contribution < -0.4 is 5.32 Å². The van der Waals surface area contributed by atoms with Crippen LogP contribution >= 0.6 is 0 Å². The van der Waals surface area contributed by atoms with Gasteiger partial charge in [0.05, 0.1) is 0 Å². The molecule has 2 nitrogen and oxygen atoms in total. The lowest BCUT2D eigenvalue weighted by molar-refractivity contribution is 0.182. The number of rotatable bonds is 7. The molecule has 3 rings (SSSR count). The third kappa shape index (κ3) is 4.52. The molecule has 0 aromatic heterocycles. The molecule has 1 N–H and O–H groups in total. The maximum Gasteiger partial charge on any atom is 0.123 e. The van der Waals surface area contributed by atoms with Gasteiger partial charge in [0.25, 0.3) is 0 Å². The molecule has 0 radical (unpaired) electrons.